The number of halogens is 2. The number of amides is 4. The van der Waals surface area contributed by atoms with Crippen molar-refractivity contribution in [2.45, 2.75) is 19.3 Å². The lowest BCUT2D eigenvalue weighted by Gasteiger charge is -2.29. The second-order valence-corrected chi connectivity index (χ2v) is 8.60. The third-order valence-corrected chi connectivity index (χ3v) is 6.13. The molecule has 0 aliphatic carbocycles. The van der Waals surface area contributed by atoms with Gasteiger partial charge in [0.25, 0.3) is 11.8 Å². The number of nitrogens with one attached hydrogen (secondary N) is 2. The lowest BCUT2D eigenvalue weighted by Crippen LogP contribution is -2.54. The summed E-state index contributed by atoms with van der Waals surface area (Å²) in [5.74, 6) is -3.01. The van der Waals surface area contributed by atoms with E-state index in [0.29, 0.717) is 18.0 Å². The van der Waals surface area contributed by atoms with Crippen LogP contribution in [0.4, 0.5) is 19.3 Å². The Morgan fingerprint density at radius 2 is 1.66 bits per heavy atom. The van der Waals surface area contributed by atoms with Gasteiger partial charge >= 0.3 is 6.03 Å². The van der Waals surface area contributed by atoms with E-state index in [9.17, 15) is 23.2 Å². The molecule has 1 heterocycles. The first kappa shape index (κ1) is 26.6. The number of hydrogen-bond acceptors (Lipinski definition) is 5. The minimum Gasteiger partial charge on any atom is -0.497 e. The molecule has 3 aromatic carbocycles. The summed E-state index contributed by atoms with van der Waals surface area (Å²) in [6, 6.07) is 16.1. The van der Waals surface area contributed by atoms with E-state index in [-0.39, 0.29) is 25.2 Å². The van der Waals surface area contributed by atoms with Crippen molar-refractivity contribution in [3.8, 4) is 5.75 Å². The summed E-state index contributed by atoms with van der Waals surface area (Å²) in [5, 5.41) is 5.48. The Balaban J connectivity index is 1.57. The Kier molecular flexibility index (Phi) is 8.17. The summed E-state index contributed by atoms with van der Waals surface area (Å²) in [6.07, 6.45) is -1.33. The number of carbonyl (C=O) groups is 3. The smallest absolute Gasteiger partial charge is 0.323 e. The normalized spacial score (nSPS) is 14.8. The molecule has 1 fully saturated rings. The molecular weight excluding hydrogens is 496 g/mol. The van der Waals surface area contributed by atoms with Gasteiger partial charge in [-0.2, -0.15) is 0 Å². The topological polar surface area (TPSA) is 117 Å². The van der Waals surface area contributed by atoms with Gasteiger partial charge in [0.05, 0.1) is 7.11 Å². The monoisotopic (exact) mass is 523 g/mol. The lowest BCUT2D eigenvalue weighted by molar-refractivity contribution is -0.128. The van der Waals surface area contributed by atoms with E-state index in [1.54, 1.807) is 24.3 Å². The number of nitrogens with zero attached hydrogens (tertiary/aromatic N) is 2. The minimum absolute atomic E-state index is 0.00854. The zero-order valence-electron chi connectivity index (χ0n) is 20.6. The summed E-state index contributed by atoms with van der Waals surface area (Å²) in [4.78, 5) is 42.2. The Hall–Kier alpha value is -4.51. The van der Waals surface area contributed by atoms with E-state index in [1.807, 2.05) is 24.3 Å². The zero-order valence-corrected chi connectivity index (χ0v) is 20.6. The maximum atomic E-state index is 13.8. The van der Waals surface area contributed by atoms with Crippen LogP contribution < -0.4 is 21.1 Å². The lowest BCUT2D eigenvalue weighted by atomic mass is 10.1. The number of carbonyl (C=O) groups excluding carboxylic acids is 3. The molecule has 1 unspecified atom stereocenters. The van der Waals surface area contributed by atoms with Gasteiger partial charge in [-0.25, -0.2) is 13.6 Å². The summed E-state index contributed by atoms with van der Waals surface area (Å²) in [5.41, 5.74) is 7.67. The Morgan fingerprint density at radius 1 is 0.947 bits per heavy atom. The molecule has 38 heavy (non-hydrogen) atoms. The van der Waals surface area contributed by atoms with Crippen molar-refractivity contribution in [2.75, 3.05) is 25.5 Å². The number of methoxy groups -OCH3 is 1. The first-order chi connectivity index (χ1) is 18.3. The summed E-state index contributed by atoms with van der Waals surface area (Å²) >= 11 is 0. The third kappa shape index (κ3) is 5.89. The van der Waals surface area contributed by atoms with Crippen molar-refractivity contribution in [2.24, 2.45) is 5.73 Å². The van der Waals surface area contributed by atoms with Crippen LogP contribution >= 0.6 is 0 Å². The highest BCUT2D eigenvalue weighted by Gasteiger charge is 2.43. The van der Waals surface area contributed by atoms with Crippen molar-refractivity contribution in [3.63, 3.8) is 0 Å². The van der Waals surface area contributed by atoms with Gasteiger partial charge in [0.15, 0.2) is 17.8 Å². The van der Waals surface area contributed by atoms with E-state index in [4.69, 9.17) is 10.5 Å². The van der Waals surface area contributed by atoms with Crippen LogP contribution in [0.3, 0.4) is 0 Å². The molecule has 1 aliphatic rings. The van der Waals surface area contributed by atoms with Gasteiger partial charge in [0.2, 0.25) is 0 Å². The van der Waals surface area contributed by atoms with Crippen LogP contribution in [0.15, 0.2) is 66.7 Å². The summed E-state index contributed by atoms with van der Waals surface area (Å²) in [6.45, 7) is 0.511. The first-order valence-corrected chi connectivity index (χ1v) is 11.8. The van der Waals surface area contributed by atoms with Gasteiger partial charge in [0.1, 0.15) is 5.75 Å². The Morgan fingerprint density at radius 3 is 2.34 bits per heavy atom. The predicted molar refractivity (Wildman–Crippen MR) is 136 cm³/mol. The van der Waals surface area contributed by atoms with Crippen LogP contribution in [0, 0.1) is 11.6 Å². The van der Waals surface area contributed by atoms with Gasteiger partial charge < -0.3 is 26.0 Å². The van der Waals surface area contributed by atoms with Crippen LogP contribution in [-0.4, -0.2) is 54.0 Å². The highest BCUT2D eigenvalue weighted by Crippen LogP contribution is 2.22. The average molecular weight is 524 g/mol. The molecule has 4 N–H and O–H groups in total. The number of rotatable bonds is 7. The Labute approximate surface area is 218 Å². The maximum absolute atomic E-state index is 13.8. The molecule has 0 bridgehead atoms. The molecule has 4 rings (SSSR count). The van der Waals surface area contributed by atoms with Gasteiger partial charge in [-0.3, -0.25) is 14.5 Å². The van der Waals surface area contributed by atoms with Crippen LogP contribution in [0.25, 0.3) is 0 Å². The highest BCUT2D eigenvalue weighted by atomic mass is 19.2. The average Bonchev–Trinajstić information content (AvgIpc) is 3.39. The fourth-order valence-corrected chi connectivity index (χ4v) is 4.15. The molecule has 0 radical (unpaired) electrons. The predicted octanol–water partition coefficient (Wildman–Crippen LogP) is 3.06. The van der Waals surface area contributed by atoms with Crippen molar-refractivity contribution in [1.29, 1.82) is 0 Å². The number of urea groups is 1. The van der Waals surface area contributed by atoms with E-state index in [0.717, 1.165) is 34.2 Å². The largest absolute Gasteiger partial charge is 0.497 e. The second-order valence-electron chi connectivity index (χ2n) is 8.60. The third-order valence-electron chi connectivity index (χ3n) is 6.13. The molecule has 1 saturated heterocycles. The molecule has 1 aliphatic heterocycles. The SMILES string of the molecule is COc1ccc(NC(=O)N2CCN(C(=O)c3ccc(F)c(F)c3)C2C(=O)NCc2cccc(CN)c2)cc1. The van der Waals surface area contributed by atoms with Crippen LogP contribution in [-0.2, 0) is 17.9 Å². The van der Waals surface area contributed by atoms with Crippen LogP contribution in [0.1, 0.15) is 21.5 Å². The van der Waals surface area contributed by atoms with Gasteiger partial charge in [-0.05, 0) is 53.6 Å². The summed E-state index contributed by atoms with van der Waals surface area (Å²) in [7, 11) is 1.52. The van der Waals surface area contributed by atoms with Crippen LogP contribution in [0.5, 0.6) is 5.75 Å². The van der Waals surface area contributed by atoms with Crippen molar-refractivity contribution >= 4 is 23.5 Å². The number of ether oxygens (including phenoxy) is 1. The van der Waals surface area contributed by atoms with E-state index >= 15 is 0 Å². The first-order valence-electron chi connectivity index (χ1n) is 11.8. The Bertz CT molecular complexity index is 1340. The standard InChI is InChI=1S/C27H27F2N5O4/c1-38-21-8-6-20(7-9-21)32-27(37)34-12-11-33(26(36)19-5-10-22(28)23(29)14-19)25(34)24(35)31-16-18-4-2-3-17(13-18)15-30/h2-10,13-14,25H,11-12,15-16,30H2,1H3,(H,31,35)(H,32,37). The second kappa shape index (κ2) is 11.7. The number of benzene rings is 3. The quantitative estimate of drug-likeness (QED) is 0.440. The molecule has 198 valence electrons. The highest BCUT2D eigenvalue weighted by molar-refractivity contribution is 6.00. The molecule has 1 atom stereocenters. The van der Waals surface area contributed by atoms with Gasteiger partial charge in [-0.15, -0.1) is 0 Å². The van der Waals surface area contributed by atoms with Crippen LogP contribution in [0.2, 0.25) is 0 Å². The van der Waals surface area contributed by atoms with E-state index in [2.05, 4.69) is 10.6 Å². The molecule has 9 nitrogen and oxygen atoms in total. The molecule has 4 amide bonds. The fraction of sp³-hybridized carbons (Fsp3) is 0.222. The van der Waals surface area contributed by atoms with Gasteiger partial charge in [-0.1, -0.05) is 24.3 Å². The number of anilines is 1. The zero-order chi connectivity index (χ0) is 27.2. The molecule has 0 spiro atoms. The van der Waals surface area contributed by atoms with Crippen molar-refractivity contribution in [1.82, 2.24) is 15.1 Å². The van der Waals surface area contributed by atoms with Crippen molar-refractivity contribution < 1.29 is 27.9 Å². The fourth-order valence-electron chi connectivity index (χ4n) is 4.15. The number of hydrogen-bond donors (Lipinski definition) is 3. The molecular formula is C27H27F2N5O4. The molecule has 3 aromatic rings. The van der Waals surface area contributed by atoms with Crippen molar-refractivity contribution in [3.05, 3.63) is 95.1 Å². The maximum Gasteiger partial charge on any atom is 0.323 e. The molecule has 0 aromatic heterocycles. The molecule has 11 heteroatoms. The van der Waals surface area contributed by atoms with Gasteiger partial charge in [0, 0.05) is 37.4 Å². The van der Waals surface area contributed by atoms with E-state index in [1.165, 1.54) is 12.0 Å². The number of nitrogens with two attached hydrogens (primary N) is 1. The van der Waals surface area contributed by atoms with E-state index < -0.39 is 35.6 Å². The molecule has 0 saturated carbocycles. The minimum atomic E-state index is -1.33. The summed E-state index contributed by atoms with van der Waals surface area (Å²) < 4.78 is 32.4.